The average Bonchev–Trinajstić information content (AvgIpc) is 2.28. The second-order valence-electron chi connectivity index (χ2n) is 4.92. The van der Waals surface area contributed by atoms with E-state index in [2.05, 4.69) is 38.1 Å². The Kier molecular flexibility index (Phi) is 3.45. The van der Waals surface area contributed by atoms with Gasteiger partial charge in [0.25, 0.3) is 0 Å². The highest BCUT2D eigenvalue weighted by atomic mass is 14.6. The van der Waals surface area contributed by atoms with Crippen molar-refractivity contribution in [1.82, 2.24) is 0 Å². The Hall–Kier alpha value is -1.08. The zero-order chi connectivity index (χ0) is 11.5. The molecular weight excluding hydrogens is 194 g/mol. The molecule has 1 aliphatic carbocycles. The first-order chi connectivity index (χ1) is 7.66. The highest BCUT2D eigenvalue weighted by molar-refractivity contribution is 5.35. The van der Waals surface area contributed by atoms with Gasteiger partial charge in [0.15, 0.2) is 0 Å². The molecule has 1 atom stereocenters. The number of aryl methyl sites for hydroxylation is 2. The molecule has 2 rings (SSSR count). The molecule has 0 saturated heterocycles. The van der Waals surface area contributed by atoms with Crippen LogP contribution in [0.3, 0.4) is 0 Å². The van der Waals surface area contributed by atoms with Crippen molar-refractivity contribution in [3.63, 3.8) is 0 Å². The molecule has 1 unspecified atom stereocenters. The molecule has 1 heteroatoms. The first kappa shape index (κ1) is 11.4. The lowest BCUT2D eigenvalue weighted by molar-refractivity contribution is 0.648. The number of benzene rings is 1. The van der Waals surface area contributed by atoms with Crippen molar-refractivity contribution in [3.05, 3.63) is 46.5 Å². The van der Waals surface area contributed by atoms with Crippen molar-refractivity contribution in [1.29, 1.82) is 0 Å². The highest BCUT2D eigenvalue weighted by Gasteiger charge is 2.14. The van der Waals surface area contributed by atoms with Crippen molar-refractivity contribution in [2.45, 2.75) is 45.6 Å². The maximum atomic E-state index is 6.34. The van der Waals surface area contributed by atoms with Gasteiger partial charge in [0, 0.05) is 0 Å². The van der Waals surface area contributed by atoms with Crippen LogP contribution < -0.4 is 5.73 Å². The van der Waals surface area contributed by atoms with E-state index < -0.39 is 0 Å². The predicted molar refractivity (Wildman–Crippen MR) is 69.4 cm³/mol. The van der Waals surface area contributed by atoms with Crippen LogP contribution in [0.1, 0.15) is 48.4 Å². The number of rotatable bonds is 2. The van der Waals surface area contributed by atoms with Crippen molar-refractivity contribution >= 4 is 0 Å². The van der Waals surface area contributed by atoms with Crippen LogP contribution in [0, 0.1) is 13.8 Å². The summed E-state index contributed by atoms with van der Waals surface area (Å²) < 4.78 is 0. The van der Waals surface area contributed by atoms with Crippen molar-refractivity contribution in [2.24, 2.45) is 5.73 Å². The van der Waals surface area contributed by atoms with Gasteiger partial charge in [0.05, 0.1) is 6.04 Å². The third-order valence-corrected chi connectivity index (χ3v) is 3.33. The zero-order valence-corrected chi connectivity index (χ0v) is 10.3. The monoisotopic (exact) mass is 215 g/mol. The summed E-state index contributed by atoms with van der Waals surface area (Å²) in [7, 11) is 0. The normalized spacial score (nSPS) is 18.1. The summed E-state index contributed by atoms with van der Waals surface area (Å²) in [6, 6.07) is 6.74. The van der Waals surface area contributed by atoms with E-state index in [1.54, 1.807) is 0 Å². The Labute approximate surface area is 98.4 Å². The van der Waals surface area contributed by atoms with Crippen molar-refractivity contribution in [3.8, 4) is 0 Å². The Morgan fingerprint density at radius 3 is 2.31 bits per heavy atom. The Bertz CT molecular complexity index is 384. The fraction of sp³-hybridized carbons (Fsp3) is 0.467. The maximum Gasteiger partial charge on any atom is 0.0511 e. The van der Waals surface area contributed by atoms with Crippen molar-refractivity contribution in [2.75, 3.05) is 0 Å². The number of allylic oxidation sites excluding steroid dienone is 1. The quantitative estimate of drug-likeness (QED) is 0.746. The maximum absolute atomic E-state index is 6.34. The summed E-state index contributed by atoms with van der Waals surface area (Å²) in [4.78, 5) is 0. The second kappa shape index (κ2) is 4.84. The minimum Gasteiger partial charge on any atom is -0.321 e. The molecule has 0 spiro atoms. The third-order valence-electron chi connectivity index (χ3n) is 3.33. The average molecular weight is 215 g/mol. The standard InChI is InChI=1S/C15H21N/c1-11-8-12(2)10-14(9-11)15(16)13-6-4-3-5-7-13/h6,8-10,15H,3-5,7,16H2,1-2H3. The largest absolute Gasteiger partial charge is 0.321 e. The predicted octanol–water partition coefficient (Wildman–Crippen LogP) is 3.80. The molecule has 1 aliphatic rings. The summed E-state index contributed by atoms with van der Waals surface area (Å²) in [5, 5.41) is 0. The van der Waals surface area contributed by atoms with E-state index >= 15 is 0 Å². The molecule has 0 aliphatic heterocycles. The minimum atomic E-state index is 0.110. The molecule has 1 aromatic rings. The molecule has 0 bridgehead atoms. The van der Waals surface area contributed by atoms with E-state index in [1.807, 2.05) is 0 Å². The molecule has 0 heterocycles. The Balaban J connectivity index is 2.25. The zero-order valence-electron chi connectivity index (χ0n) is 10.3. The lowest BCUT2D eigenvalue weighted by atomic mass is 9.89. The van der Waals surface area contributed by atoms with Gasteiger partial charge in [-0.3, -0.25) is 0 Å². The highest BCUT2D eigenvalue weighted by Crippen LogP contribution is 2.28. The number of hydrogen-bond acceptors (Lipinski definition) is 1. The molecule has 0 fully saturated rings. The van der Waals surface area contributed by atoms with Crippen LogP contribution in [0.4, 0.5) is 0 Å². The lowest BCUT2D eigenvalue weighted by Crippen LogP contribution is -2.15. The van der Waals surface area contributed by atoms with Crippen LogP contribution in [0.15, 0.2) is 29.8 Å². The summed E-state index contributed by atoms with van der Waals surface area (Å²) in [5.74, 6) is 0. The second-order valence-corrected chi connectivity index (χ2v) is 4.92. The van der Waals surface area contributed by atoms with Gasteiger partial charge < -0.3 is 5.73 Å². The molecule has 1 nitrogen and oxygen atoms in total. The molecule has 16 heavy (non-hydrogen) atoms. The smallest absolute Gasteiger partial charge is 0.0511 e. The summed E-state index contributed by atoms with van der Waals surface area (Å²) >= 11 is 0. The summed E-state index contributed by atoms with van der Waals surface area (Å²) in [6.45, 7) is 4.27. The van der Waals surface area contributed by atoms with Crippen LogP contribution >= 0.6 is 0 Å². The van der Waals surface area contributed by atoms with E-state index in [0.29, 0.717) is 0 Å². The van der Waals surface area contributed by atoms with Gasteiger partial charge in [0.1, 0.15) is 0 Å². The molecule has 0 saturated carbocycles. The summed E-state index contributed by atoms with van der Waals surface area (Å²) in [5.41, 5.74) is 11.6. The van der Waals surface area contributed by atoms with Crippen LogP contribution in [0.2, 0.25) is 0 Å². The number of nitrogens with two attached hydrogens (primary N) is 1. The fourth-order valence-electron chi connectivity index (χ4n) is 2.55. The molecule has 0 radical (unpaired) electrons. The van der Waals surface area contributed by atoms with Gasteiger partial charge in [-0.2, -0.15) is 0 Å². The molecule has 2 N–H and O–H groups in total. The van der Waals surface area contributed by atoms with E-state index in [-0.39, 0.29) is 6.04 Å². The first-order valence-corrected chi connectivity index (χ1v) is 6.19. The van der Waals surface area contributed by atoms with Crippen molar-refractivity contribution < 1.29 is 0 Å². The minimum absolute atomic E-state index is 0.110. The van der Waals surface area contributed by atoms with E-state index in [4.69, 9.17) is 5.73 Å². The summed E-state index contributed by atoms with van der Waals surface area (Å²) in [6.07, 6.45) is 7.33. The van der Waals surface area contributed by atoms with E-state index in [1.165, 1.54) is 47.9 Å². The van der Waals surface area contributed by atoms with Crippen LogP contribution in [0.5, 0.6) is 0 Å². The van der Waals surface area contributed by atoms with Crippen LogP contribution in [-0.2, 0) is 0 Å². The molecule has 86 valence electrons. The van der Waals surface area contributed by atoms with Gasteiger partial charge in [-0.05, 0) is 45.1 Å². The van der Waals surface area contributed by atoms with Gasteiger partial charge in [0.2, 0.25) is 0 Å². The Morgan fingerprint density at radius 1 is 1.06 bits per heavy atom. The Morgan fingerprint density at radius 2 is 1.75 bits per heavy atom. The third kappa shape index (κ3) is 2.53. The van der Waals surface area contributed by atoms with E-state index in [9.17, 15) is 0 Å². The molecule has 0 aromatic heterocycles. The van der Waals surface area contributed by atoms with Gasteiger partial charge in [-0.25, -0.2) is 0 Å². The molecule has 0 amide bonds. The van der Waals surface area contributed by atoms with Gasteiger partial charge >= 0.3 is 0 Å². The van der Waals surface area contributed by atoms with Crippen LogP contribution in [-0.4, -0.2) is 0 Å². The fourth-order valence-corrected chi connectivity index (χ4v) is 2.55. The molecule has 1 aromatic carbocycles. The SMILES string of the molecule is Cc1cc(C)cc(C(N)C2=CCCCC2)c1. The van der Waals surface area contributed by atoms with E-state index in [0.717, 1.165) is 0 Å². The van der Waals surface area contributed by atoms with Crippen LogP contribution in [0.25, 0.3) is 0 Å². The molecular formula is C15H21N. The first-order valence-electron chi connectivity index (χ1n) is 6.19. The topological polar surface area (TPSA) is 26.0 Å². The van der Waals surface area contributed by atoms with Gasteiger partial charge in [-0.1, -0.05) is 41.0 Å². The van der Waals surface area contributed by atoms with Gasteiger partial charge in [-0.15, -0.1) is 0 Å². The number of hydrogen-bond donors (Lipinski definition) is 1. The lowest BCUT2D eigenvalue weighted by Gasteiger charge is -2.20.